The average Bonchev–Trinajstić information content (AvgIpc) is 2.48. The second-order valence-corrected chi connectivity index (χ2v) is 4.31. The highest BCUT2D eigenvalue weighted by atomic mass is 16.5. The van der Waals surface area contributed by atoms with Gasteiger partial charge in [0.25, 0.3) is 0 Å². The summed E-state index contributed by atoms with van der Waals surface area (Å²) in [5, 5.41) is 14.2. The molecule has 7 heteroatoms. The van der Waals surface area contributed by atoms with Gasteiger partial charge < -0.3 is 15.4 Å². The van der Waals surface area contributed by atoms with Gasteiger partial charge in [0.1, 0.15) is 5.82 Å². The van der Waals surface area contributed by atoms with Gasteiger partial charge in [0.05, 0.1) is 7.11 Å². The molecule has 7 nitrogen and oxygen atoms in total. The molecule has 0 saturated carbocycles. The molecule has 1 aromatic rings. The molecule has 2 N–H and O–H groups in total. The third kappa shape index (κ3) is 4.15. The fourth-order valence-electron chi connectivity index (χ4n) is 1.92. The van der Waals surface area contributed by atoms with E-state index in [0.717, 1.165) is 39.3 Å². The summed E-state index contributed by atoms with van der Waals surface area (Å²) in [7, 11) is 1.32. The Bertz CT molecular complexity index is 403. The molecule has 0 spiro atoms. The maximum atomic E-state index is 11.2. The van der Waals surface area contributed by atoms with Crippen molar-refractivity contribution >= 4 is 11.8 Å². The van der Waals surface area contributed by atoms with Gasteiger partial charge >= 0.3 is 5.97 Å². The molecule has 0 bridgehead atoms. The number of rotatable bonds is 5. The lowest BCUT2D eigenvalue weighted by Gasteiger charge is -2.27. The van der Waals surface area contributed by atoms with Crippen LogP contribution in [0.15, 0.2) is 12.1 Å². The van der Waals surface area contributed by atoms with E-state index in [-0.39, 0.29) is 5.69 Å². The topological polar surface area (TPSA) is 79.4 Å². The Balaban J connectivity index is 1.75. The van der Waals surface area contributed by atoms with E-state index < -0.39 is 5.97 Å². The molecule has 2 rings (SSSR count). The van der Waals surface area contributed by atoms with Gasteiger partial charge in [0.15, 0.2) is 5.69 Å². The number of carbonyl (C=O) groups is 1. The lowest BCUT2D eigenvalue weighted by molar-refractivity contribution is 0.0593. The maximum absolute atomic E-state index is 11.2. The van der Waals surface area contributed by atoms with Gasteiger partial charge in [-0.3, -0.25) is 4.90 Å². The number of esters is 1. The van der Waals surface area contributed by atoms with Crippen LogP contribution in [0.1, 0.15) is 10.5 Å². The number of ether oxygens (including phenoxy) is 1. The normalized spacial score (nSPS) is 16.1. The Morgan fingerprint density at radius 3 is 2.84 bits per heavy atom. The Morgan fingerprint density at radius 1 is 1.42 bits per heavy atom. The van der Waals surface area contributed by atoms with E-state index in [4.69, 9.17) is 0 Å². The number of hydrogen-bond acceptors (Lipinski definition) is 7. The van der Waals surface area contributed by atoms with Crippen molar-refractivity contribution in [3.63, 3.8) is 0 Å². The van der Waals surface area contributed by atoms with Crippen LogP contribution in [0.25, 0.3) is 0 Å². The SMILES string of the molecule is COC(=O)c1ccc(NCCN2CCNCC2)nn1. The number of hydrogen-bond donors (Lipinski definition) is 2. The molecular weight excluding hydrogens is 246 g/mol. The Morgan fingerprint density at radius 2 is 2.21 bits per heavy atom. The van der Waals surface area contributed by atoms with Crippen LogP contribution < -0.4 is 10.6 Å². The van der Waals surface area contributed by atoms with Crippen molar-refractivity contribution in [1.82, 2.24) is 20.4 Å². The van der Waals surface area contributed by atoms with Crippen molar-refractivity contribution in [2.75, 3.05) is 51.7 Å². The molecule has 0 aromatic carbocycles. The molecular formula is C12H19N5O2. The van der Waals surface area contributed by atoms with E-state index in [1.807, 2.05) is 0 Å². The molecule has 0 aliphatic carbocycles. The molecule has 1 aliphatic heterocycles. The van der Waals surface area contributed by atoms with E-state index in [1.165, 1.54) is 7.11 Å². The molecule has 0 amide bonds. The summed E-state index contributed by atoms with van der Waals surface area (Å²) in [6.45, 7) is 6.04. The summed E-state index contributed by atoms with van der Waals surface area (Å²) in [6, 6.07) is 3.34. The van der Waals surface area contributed by atoms with E-state index in [9.17, 15) is 4.79 Å². The fourth-order valence-corrected chi connectivity index (χ4v) is 1.92. The first kappa shape index (κ1) is 13.7. The first-order valence-corrected chi connectivity index (χ1v) is 6.38. The summed E-state index contributed by atoms with van der Waals surface area (Å²) in [5.74, 6) is 0.197. The molecule has 19 heavy (non-hydrogen) atoms. The van der Waals surface area contributed by atoms with Crippen LogP contribution in [0.4, 0.5) is 5.82 Å². The maximum Gasteiger partial charge on any atom is 0.358 e. The zero-order valence-electron chi connectivity index (χ0n) is 11.1. The number of carbonyl (C=O) groups excluding carboxylic acids is 1. The zero-order valence-corrected chi connectivity index (χ0v) is 11.1. The van der Waals surface area contributed by atoms with Crippen LogP contribution in [0.5, 0.6) is 0 Å². The minimum atomic E-state index is -0.472. The molecule has 2 heterocycles. The first-order valence-electron chi connectivity index (χ1n) is 6.38. The van der Waals surface area contributed by atoms with Gasteiger partial charge in [0, 0.05) is 39.3 Å². The predicted octanol–water partition coefficient (Wildman–Crippen LogP) is -0.420. The summed E-state index contributed by atoms with van der Waals surface area (Å²) in [5.41, 5.74) is 0.218. The van der Waals surface area contributed by atoms with Gasteiger partial charge in [-0.1, -0.05) is 0 Å². The third-order valence-corrected chi connectivity index (χ3v) is 3.00. The van der Waals surface area contributed by atoms with Crippen LogP contribution in [0.2, 0.25) is 0 Å². The van der Waals surface area contributed by atoms with E-state index in [2.05, 4.69) is 30.5 Å². The Kier molecular flexibility index (Phi) is 5.05. The highest BCUT2D eigenvalue weighted by molar-refractivity contribution is 5.86. The first-order chi connectivity index (χ1) is 9.29. The monoisotopic (exact) mass is 265 g/mol. The second kappa shape index (κ2) is 7.01. The molecule has 1 saturated heterocycles. The second-order valence-electron chi connectivity index (χ2n) is 4.31. The highest BCUT2D eigenvalue weighted by Crippen LogP contribution is 2.03. The average molecular weight is 265 g/mol. The largest absolute Gasteiger partial charge is 0.464 e. The van der Waals surface area contributed by atoms with Crippen molar-refractivity contribution in [3.05, 3.63) is 17.8 Å². The quantitative estimate of drug-likeness (QED) is 0.700. The smallest absolute Gasteiger partial charge is 0.358 e. The van der Waals surface area contributed by atoms with Crippen LogP contribution in [0, 0.1) is 0 Å². The summed E-state index contributed by atoms with van der Waals surface area (Å²) in [6.07, 6.45) is 0. The van der Waals surface area contributed by atoms with Crippen LogP contribution in [-0.2, 0) is 4.74 Å². The van der Waals surface area contributed by atoms with Crippen LogP contribution >= 0.6 is 0 Å². The van der Waals surface area contributed by atoms with Gasteiger partial charge in [-0.05, 0) is 12.1 Å². The Labute approximate surface area is 112 Å². The van der Waals surface area contributed by atoms with Gasteiger partial charge in [-0.2, -0.15) is 0 Å². The summed E-state index contributed by atoms with van der Waals surface area (Å²) in [4.78, 5) is 13.6. The number of piperazine rings is 1. The standard InChI is InChI=1S/C12H19N5O2/c1-19-12(18)10-2-3-11(16-15-10)14-6-9-17-7-4-13-5-8-17/h2-3,13H,4-9H2,1H3,(H,14,16). The molecule has 1 fully saturated rings. The molecule has 0 unspecified atom stereocenters. The van der Waals surface area contributed by atoms with Crippen LogP contribution in [0.3, 0.4) is 0 Å². The van der Waals surface area contributed by atoms with Gasteiger partial charge in [-0.25, -0.2) is 4.79 Å². The van der Waals surface area contributed by atoms with Gasteiger partial charge in [0.2, 0.25) is 0 Å². The van der Waals surface area contributed by atoms with Crippen molar-refractivity contribution in [2.24, 2.45) is 0 Å². The molecule has 104 valence electrons. The fraction of sp³-hybridized carbons (Fsp3) is 0.583. The Hall–Kier alpha value is -1.73. The molecule has 0 radical (unpaired) electrons. The molecule has 1 aliphatic rings. The van der Waals surface area contributed by atoms with Crippen molar-refractivity contribution in [1.29, 1.82) is 0 Å². The number of nitrogens with one attached hydrogen (secondary N) is 2. The number of aromatic nitrogens is 2. The number of nitrogens with zero attached hydrogens (tertiary/aromatic N) is 3. The molecule has 0 atom stereocenters. The zero-order chi connectivity index (χ0) is 13.5. The lowest BCUT2D eigenvalue weighted by Crippen LogP contribution is -2.45. The van der Waals surface area contributed by atoms with Crippen molar-refractivity contribution in [2.45, 2.75) is 0 Å². The lowest BCUT2D eigenvalue weighted by atomic mass is 10.3. The summed E-state index contributed by atoms with van der Waals surface area (Å²) < 4.78 is 4.56. The number of anilines is 1. The van der Waals surface area contributed by atoms with E-state index in [1.54, 1.807) is 12.1 Å². The minimum absolute atomic E-state index is 0.218. The van der Waals surface area contributed by atoms with Crippen molar-refractivity contribution in [3.8, 4) is 0 Å². The summed E-state index contributed by atoms with van der Waals surface area (Å²) >= 11 is 0. The number of methoxy groups -OCH3 is 1. The third-order valence-electron chi connectivity index (χ3n) is 3.00. The van der Waals surface area contributed by atoms with Gasteiger partial charge in [-0.15, -0.1) is 10.2 Å². The molecule has 1 aromatic heterocycles. The highest BCUT2D eigenvalue weighted by Gasteiger charge is 2.09. The van der Waals surface area contributed by atoms with E-state index in [0.29, 0.717) is 5.82 Å². The van der Waals surface area contributed by atoms with Crippen molar-refractivity contribution < 1.29 is 9.53 Å². The predicted molar refractivity (Wildman–Crippen MR) is 71.2 cm³/mol. The van der Waals surface area contributed by atoms with E-state index >= 15 is 0 Å². The minimum Gasteiger partial charge on any atom is -0.464 e. The van der Waals surface area contributed by atoms with Crippen LogP contribution in [-0.4, -0.2) is 67.4 Å².